The lowest BCUT2D eigenvalue weighted by atomic mass is 10.1. The summed E-state index contributed by atoms with van der Waals surface area (Å²) in [5, 5.41) is -0.405. The van der Waals surface area contributed by atoms with E-state index in [1.807, 2.05) is 71.4 Å². The van der Waals surface area contributed by atoms with Gasteiger partial charge in [0.25, 0.3) is 5.91 Å². The van der Waals surface area contributed by atoms with Crippen LogP contribution in [0, 0.1) is 0 Å². The third-order valence-corrected chi connectivity index (χ3v) is 12.0. The first kappa shape index (κ1) is 38.1. The Morgan fingerprint density at radius 3 is 2.25 bits per heavy atom. The van der Waals surface area contributed by atoms with Gasteiger partial charge < -0.3 is 33.1 Å². The van der Waals surface area contributed by atoms with Crippen molar-refractivity contribution in [1.82, 2.24) is 4.90 Å². The number of benzene rings is 3. The van der Waals surface area contributed by atoms with E-state index in [-0.39, 0.29) is 65.8 Å². The lowest BCUT2D eigenvalue weighted by Gasteiger charge is -2.44. The molecule has 55 heavy (non-hydrogen) atoms. The van der Waals surface area contributed by atoms with Gasteiger partial charge in [-0.1, -0.05) is 35.9 Å². The molecule has 2 amide bonds. The summed E-state index contributed by atoms with van der Waals surface area (Å²) in [6.45, 7) is 1.02. The summed E-state index contributed by atoms with van der Waals surface area (Å²) >= 11 is 5.74. The molecular formula is C40H40BClN3O9S+. The van der Waals surface area contributed by atoms with E-state index in [1.165, 1.54) is 12.9 Å². The van der Waals surface area contributed by atoms with Crippen molar-refractivity contribution in [3.05, 3.63) is 118 Å². The van der Waals surface area contributed by atoms with E-state index in [4.69, 9.17) is 35.2 Å². The first-order valence-electron chi connectivity index (χ1n) is 17.9. The molecule has 1 fully saturated rings. The van der Waals surface area contributed by atoms with Gasteiger partial charge in [-0.05, 0) is 77.6 Å². The Bertz CT molecular complexity index is 2130. The van der Waals surface area contributed by atoms with Gasteiger partial charge in [0, 0.05) is 19.0 Å². The summed E-state index contributed by atoms with van der Waals surface area (Å²) in [6.07, 6.45) is 4.18. The molecule has 0 radical (unpaired) electrons. The van der Waals surface area contributed by atoms with Crippen LogP contribution in [0.15, 0.2) is 90.3 Å². The molecule has 15 heteroatoms. The van der Waals surface area contributed by atoms with Crippen molar-refractivity contribution < 1.29 is 47.1 Å². The van der Waals surface area contributed by atoms with Gasteiger partial charge in [-0.25, -0.2) is 4.79 Å². The predicted octanol–water partition coefficient (Wildman–Crippen LogP) is 4.45. The summed E-state index contributed by atoms with van der Waals surface area (Å²) in [5.41, 5.74) is 4.25. The van der Waals surface area contributed by atoms with Gasteiger partial charge in [0.15, 0.2) is 24.2 Å². The van der Waals surface area contributed by atoms with E-state index in [1.54, 1.807) is 31.3 Å². The molecule has 1 aromatic heterocycles. The molecule has 12 nitrogen and oxygen atoms in total. The number of rotatable bonds is 12. The minimum atomic E-state index is -1.36. The Morgan fingerprint density at radius 2 is 1.62 bits per heavy atom. The van der Waals surface area contributed by atoms with Gasteiger partial charge >= 0.3 is 14.0 Å². The van der Waals surface area contributed by atoms with Crippen LogP contribution in [0.4, 0.5) is 5.69 Å². The number of ether oxygens (including phenoxy) is 4. The Hall–Kier alpha value is -5.18. The number of carbonyl (C=O) groups excluding carboxylic acids is 3. The lowest BCUT2D eigenvalue weighted by molar-refractivity contribution is -0.695. The van der Waals surface area contributed by atoms with E-state index in [2.05, 4.69) is 0 Å². The number of nitrogens with zero attached hydrogens (tertiary/aromatic N) is 3. The standard InChI is InChI=1S/C40H40BClN3O9S/c1-50-28-12-8-25(9-13-28)22-52-33-17-16-30(36(42)38(33)53-23-26-10-14-29(51-2)15-11-26)39(47)44-19-4-3-6-31-32(44)7-5-18-43(31)21-27-24-55(49)35-20-34(46)45(35)37(27)40(48)54-41/h5,7-18,35H,3-4,6,19-24,41H2,1-2H3/q+1/t35-,55?/m1/s1. The molecule has 284 valence electrons. The summed E-state index contributed by atoms with van der Waals surface area (Å²) < 4.78 is 43.2. The number of β-lactam (4-membered cyclic amide) rings is 1. The molecule has 7 rings (SSSR count). The van der Waals surface area contributed by atoms with Crippen LogP contribution in [0.2, 0.25) is 5.02 Å². The molecule has 0 bridgehead atoms. The fraction of sp³-hybridized carbons (Fsp3) is 0.300. The quantitative estimate of drug-likeness (QED) is 0.0886. The number of amides is 2. The minimum Gasteiger partial charge on any atom is -0.614 e. The maximum absolute atomic E-state index is 14.6. The van der Waals surface area contributed by atoms with Crippen LogP contribution >= 0.6 is 11.6 Å². The van der Waals surface area contributed by atoms with Crippen LogP contribution in [0.3, 0.4) is 0 Å². The van der Waals surface area contributed by atoms with Crippen LogP contribution in [-0.2, 0) is 51.6 Å². The number of pyridine rings is 1. The van der Waals surface area contributed by atoms with Crippen LogP contribution in [0.1, 0.15) is 46.4 Å². The van der Waals surface area contributed by atoms with Gasteiger partial charge in [0.2, 0.25) is 17.0 Å². The Morgan fingerprint density at radius 1 is 0.945 bits per heavy atom. The molecule has 0 saturated carbocycles. The van der Waals surface area contributed by atoms with Crippen LogP contribution in [-0.4, -0.2) is 67.2 Å². The molecule has 2 atom stereocenters. The van der Waals surface area contributed by atoms with Crippen molar-refractivity contribution in [3.63, 3.8) is 0 Å². The second kappa shape index (κ2) is 16.7. The highest BCUT2D eigenvalue weighted by Gasteiger charge is 2.53. The van der Waals surface area contributed by atoms with E-state index in [0.29, 0.717) is 35.7 Å². The zero-order valence-corrected chi connectivity index (χ0v) is 32.3. The number of carbonyl (C=O) groups is 3. The molecule has 4 aromatic rings. The number of halogens is 1. The molecule has 0 aliphatic carbocycles. The maximum Gasteiger partial charge on any atom is 0.337 e. The smallest absolute Gasteiger partial charge is 0.337 e. The lowest BCUT2D eigenvalue weighted by Crippen LogP contribution is -2.61. The summed E-state index contributed by atoms with van der Waals surface area (Å²) in [4.78, 5) is 43.1. The van der Waals surface area contributed by atoms with Crippen LogP contribution in [0.5, 0.6) is 23.0 Å². The maximum atomic E-state index is 14.6. The zero-order valence-electron chi connectivity index (χ0n) is 30.7. The fourth-order valence-corrected chi connectivity index (χ4v) is 8.87. The summed E-state index contributed by atoms with van der Waals surface area (Å²) in [6, 6.07) is 22.0. The van der Waals surface area contributed by atoms with Crippen molar-refractivity contribution in [2.24, 2.45) is 0 Å². The van der Waals surface area contributed by atoms with Crippen LogP contribution < -0.4 is 28.4 Å². The first-order valence-corrected chi connectivity index (χ1v) is 19.6. The molecule has 3 aliphatic rings. The normalized spacial score (nSPS) is 17.7. The second-order valence-corrected chi connectivity index (χ2v) is 15.3. The number of aromatic nitrogens is 1. The molecule has 0 spiro atoms. The molecule has 3 aliphatic heterocycles. The van der Waals surface area contributed by atoms with Crippen LogP contribution in [0.25, 0.3) is 0 Å². The van der Waals surface area contributed by atoms with Crippen molar-refractivity contribution in [2.75, 3.05) is 31.4 Å². The third kappa shape index (κ3) is 7.84. The van der Waals surface area contributed by atoms with E-state index < -0.39 is 22.5 Å². The average Bonchev–Trinajstić information content (AvgIpc) is 3.43. The van der Waals surface area contributed by atoms with E-state index in [9.17, 15) is 18.9 Å². The average molecular weight is 785 g/mol. The molecule has 4 heterocycles. The van der Waals surface area contributed by atoms with Gasteiger partial charge in [0.1, 0.15) is 41.9 Å². The largest absolute Gasteiger partial charge is 0.614 e. The first-order chi connectivity index (χ1) is 26.7. The Labute approximate surface area is 328 Å². The number of anilines is 1. The Kier molecular flexibility index (Phi) is 11.6. The van der Waals surface area contributed by atoms with Crippen molar-refractivity contribution in [3.8, 4) is 23.0 Å². The van der Waals surface area contributed by atoms with E-state index >= 15 is 0 Å². The van der Waals surface area contributed by atoms with E-state index in [0.717, 1.165) is 35.4 Å². The number of fused-ring (bicyclic) bond motifs is 2. The second-order valence-electron chi connectivity index (χ2n) is 13.3. The molecule has 1 unspecified atom stereocenters. The number of hydrogen-bond acceptors (Lipinski definition) is 9. The van der Waals surface area contributed by atoms with Gasteiger partial charge in [-0.3, -0.25) is 14.5 Å². The molecule has 3 aromatic carbocycles. The number of methoxy groups -OCH3 is 2. The summed E-state index contributed by atoms with van der Waals surface area (Å²) in [7, 11) is 4.48. The topological polar surface area (TPSA) is 131 Å². The Balaban J connectivity index is 1.20. The van der Waals surface area contributed by atoms with Crippen molar-refractivity contribution >= 4 is 54.3 Å². The van der Waals surface area contributed by atoms with Gasteiger partial charge in [-0.2, -0.15) is 4.57 Å². The third-order valence-electron chi connectivity index (χ3n) is 9.97. The molecule has 1 saturated heterocycles. The van der Waals surface area contributed by atoms with Crippen molar-refractivity contribution in [1.29, 1.82) is 0 Å². The highest BCUT2D eigenvalue weighted by atomic mass is 35.5. The highest BCUT2D eigenvalue weighted by molar-refractivity contribution is 7.92. The highest BCUT2D eigenvalue weighted by Crippen LogP contribution is 2.41. The predicted molar refractivity (Wildman–Crippen MR) is 207 cm³/mol. The fourth-order valence-electron chi connectivity index (χ4n) is 7.03. The van der Waals surface area contributed by atoms with Gasteiger partial charge in [0.05, 0.1) is 36.8 Å². The van der Waals surface area contributed by atoms with Gasteiger partial charge in [-0.15, -0.1) is 0 Å². The molecular weight excluding hydrogens is 745 g/mol. The minimum absolute atomic E-state index is 0.117. The zero-order chi connectivity index (χ0) is 38.6. The molecule has 0 N–H and O–H groups in total. The monoisotopic (exact) mass is 784 g/mol. The number of hydrogen-bond donors (Lipinski definition) is 0. The summed E-state index contributed by atoms with van der Waals surface area (Å²) in [5.74, 6) is 0.985. The van der Waals surface area contributed by atoms with Crippen molar-refractivity contribution in [2.45, 2.75) is 50.8 Å². The SMILES string of the molecule is BOC(=O)C1=C(C[n+]2cccc3c2CCCCN3C(=O)c2ccc(OCc3ccc(OC)cc3)c(OCc3ccc(OC)cc3)c2Cl)C[S+]([O-])[C@@H]2CC(=O)N12.